The molecule has 0 aromatic carbocycles. The molecule has 0 aromatic heterocycles. The van der Waals surface area contributed by atoms with E-state index in [1.54, 1.807) is 6.92 Å². The minimum absolute atomic E-state index is 0.105. The van der Waals surface area contributed by atoms with Crippen molar-refractivity contribution in [3.05, 3.63) is 0 Å². The Morgan fingerprint density at radius 2 is 1.94 bits per heavy atom. The zero-order chi connectivity index (χ0) is 12.2. The highest BCUT2D eigenvalue weighted by Gasteiger charge is 2.36. The topological polar surface area (TPSA) is 29.5 Å². The maximum Gasteiger partial charge on any atom is 0.406 e. The lowest BCUT2D eigenvalue weighted by Gasteiger charge is -2.34. The third kappa shape index (κ3) is 4.00. The summed E-state index contributed by atoms with van der Waals surface area (Å²) in [4.78, 5) is 12.4. The summed E-state index contributed by atoms with van der Waals surface area (Å²) in [6, 6.07) is -0.331. The highest BCUT2D eigenvalue weighted by atomic mass is 19.4. The van der Waals surface area contributed by atoms with Crippen LogP contribution < -0.4 is 0 Å². The average Bonchev–Trinajstić information content (AvgIpc) is 2.25. The molecule has 1 rings (SSSR count). The molecule has 1 saturated heterocycles. The van der Waals surface area contributed by atoms with Gasteiger partial charge in [-0.05, 0) is 12.8 Å². The van der Waals surface area contributed by atoms with Crippen LogP contribution in [0.1, 0.15) is 26.2 Å². The molecule has 16 heavy (non-hydrogen) atoms. The molecular weight excluding hydrogens is 223 g/mol. The number of rotatable bonds is 3. The fourth-order valence-corrected chi connectivity index (χ4v) is 1.81. The number of ether oxygens (including phenoxy) is 1. The number of nitrogens with zero attached hydrogens (tertiary/aromatic N) is 1. The summed E-state index contributed by atoms with van der Waals surface area (Å²) in [5.41, 5.74) is 0. The molecule has 94 valence electrons. The molecule has 6 heteroatoms. The first-order valence-corrected chi connectivity index (χ1v) is 5.38. The van der Waals surface area contributed by atoms with Gasteiger partial charge in [0.05, 0.1) is 0 Å². The Morgan fingerprint density at radius 1 is 1.38 bits per heavy atom. The zero-order valence-corrected chi connectivity index (χ0v) is 9.22. The third-order valence-corrected chi connectivity index (χ3v) is 2.60. The Balaban J connectivity index is 2.65. The molecule has 3 nitrogen and oxygen atoms in total. The van der Waals surface area contributed by atoms with Crippen LogP contribution >= 0.6 is 0 Å². The van der Waals surface area contributed by atoms with Crippen LogP contribution in [0.4, 0.5) is 13.2 Å². The Morgan fingerprint density at radius 3 is 2.38 bits per heavy atom. The van der Waals surface area contributed by atoms with Gasteiger partial charge in [-0.3, -0.25) is 4.79 Å². The lowest BCUT2D eigenvalue weighted by atomic mass is 10.1. The van der Waals surface area contributed by atoms with Gasteiger partial charge >= 0.3 is 6.18 Å². The largest absolute Gasteiger partial charge is 0.406 e. The molecule has 1 aliphatic rings. The number of amides is 1. The van der Waals surface area contributed by atoms with E-state index in [1.165, 1.54) is 0 Å². The molecule has 1 fully saturated rings. The second-order valence-corrected chi connectivity index (χ2v) is 3.83. The normalized spacial score (nSPS) is 18.5. The average molecular weight is 239 g/mol. The molecule has 1 amide bonds. The SMILES string of the molecule is CCC(=O)N(CC(F)(F)F)C1CCOCC1. The van der Waals surface area contributed by atoms with Crippen molar-refractivity contribution in [1.82, 2.24) is 4.90 Å². The van der Waals surface area contributed by atoms with Gasteiger partial charge in [0.25, 0.3) is 0 Å². The molecule has 0 aromatic rings. The summed E-state index contributed by atoms with van der Waals surface area (Å²) in [6.07, 6.45) is -3.25. The van der Waals surface area contributed by atoms with E-state index in [0.717, 1.165) is 4.90 Å². The maximum atomic E-state index is 12.3. The molecule has 0 atom stereocenters. The van der Waals surface area contributed by atoms with Crippen LogP contribution in [-0.2, 0) is 9.53 Å². The van der Waals surface area contributed by atoms with Crippen molar-refractivity contribution in [3.63, 3.8) is 0 Å². The first-order chi connectivity index (χ1) is 7.44. The molecule has 0 N–H and O–H groups in total. The van der Waals surface area contributed by atoms with Crippen LogP contribution in [0.25, 0.3) is 0 Å². The zero-order valence-electron chi connectivity index (χ0n) is 9.22. The van der Waals surface area contributed by atoms with Gasteiger partial charge in [-0.15, -0.1) is 0 Å². The van der Waals surface area contributed by atoms with Gasteiger partial charge in [0.2, 0.25) is 5.91 Å². The number of hydrogen-bond acceptors (Lipinski definition) is 2. The minimum Gasteiger partial charge on any atom is -0.381 e. The summed E-state index contributed by atoms with van der Waals surface area (Å²) in [7, 11) is 0. The van der Waals surface area contributed by atoms with E-state index in [0.29, 0.717) is 26.1 Å². The summed E-state index contributed by atoms with van der Waals surface area (Å²) < 4.78 is 42.1. The quantitative estimate of drug-likeness (QED) is 0.753. The predicted octanol–water partition coefficient (Wildman–Crippen LogP) is 1.97. The van der Waals surface area contributed by atoms with Crippen molar-refractivity contribution in [2.45, 2.75) is 38.4 Å². The summed E-state index contributed by atoms with van der Waals surface area (Å²) >= 11 is 0. The molecule has 0 spiro atoms. The smallest absolute Gasteiger partial charge is 0.381 e. The summed E-state index contributed by atoms with van der Waals surface area (Å²) in [5.74, 6) is -0.441. The Hall–Kier alpha value is -0.780. The predicted molar refractivity (Wildman–Crippen MR) is 51.9 cm³/mol. The minimum atomic E-state index is -4.33. The molecule has 0 saturated carbocycles. The van der Waals surface area contributed by atoms with E-state index in [4.69, 9.17) is 4.74 Å². The molecule has 0 bridgehead atoms. The summed E-state index contributed by atoms with van der Waals surface area (Å²) in [6.45, 7) is 1.28. The maximum absolute atomic E-state index is 12.3. The van der Waals surface area contributed by atoms with Crippen LogP contribution in [0.2, 0.25) is 0 Å². The van der Waals surface area contributed by atoms with Crippen molar-refractivity contribution < 1.29 is 22.7 Å². The van der Waals surface area contributed by atoms with Gasteiger partial charge in [-0.2, -0.15) is 13.2 Å². The molecular formula is C10H16F3NO2. The second kappa shape index (κ2) is 5.52. The van der Waals surface area contributed by atoms with Gasteiger partial charge in [0, 0.05) is 25.7 Å². The Kier molecular flexibility index (Phi) is 4.58. The lowest BCUT2D eigenvalue weighted by Crippen LogP contribution is -2.47. The Bertz CT molecular complexity index is 237. The number of alkyl halides is 3. The first-order valence-electron chi connectivity index (χ1n) is 5.38. The molecule has 0 radical (unpaired) electrons. The van der Waals surface area contributed by atoms with E-state index in [-0.39, 0.29) is 12.5 Å². The highest BCUT2D eigenvalue weighted by molar-refractivity contribution is 5.76. The van der Waals surface area contributed by atoms with Crippen molar-refractivity contribution in [2.75, 3.05) is 19.8 Å². The second-order valence-electron chi connectivity index (χ2n) is 3.83. The standard InChI is InChI=1S/C10H16F3NO2/c1-2-9(15)14(7-10(11,12)13)8-3-5-16-6-4-8/h8H,2-7H2,1H3. The van der Waals surface area contributed by atoms with Gasteiger partial charge in [0.1, 0.15) is 6.54 Å². The van der Waals surface area contributed by atoms with Crippen LogP contribution in [-0.4, -0.2) is 42.8 Å². The van der Waals surface area contributed by atoms with Gasteiger partial charge < -0.3 is 9.64 Å². The van der Waals surface area contributed by atoms with Crippen LogP contribution in [0, 0.1) is 0 Å². The number of hydrogen-bond donors (Lipinski definition) is 0. The van der Waals surface area contributed by atoms with Gasteiger partial charge in [-0.1, -0.05) is 6.92 Å². The Labute approximate surface area is 92.5 Å². The molecule has 1 aliphatic heterocycles. The van der Waals surface area contributed by atoms with Crippen LogP contribution in [0.15, 0.2) is 0 Å². The fourth-order valence-electron chi connectivity index (χ4n) is 1.81. The van der Waals surface area contributed by atoms with Gasteiger partial charge in [0.15, 0.2) is 0 Å². The van der Waals surface area contributed by atoms with E-state index in [1.807, 2.05) is 0 Å². The third-order valence-electron chi connectivity index (χ3n) is 2.60. The van der Waals surface area contributed by atoms with E-state index in [9.17, 15) is 18.0 Å². The number of carbonyl (C=O) groups is 1. The first kappa shape index (κ1) is 13.3. The van der Waals surface area contributed by atoms with Crippen molar-refractivity contribution in [1.29, 1.82) is 0 Å². The molecule has 0 aliphatic carbocycles. The number of carbonyl (C=O) groups excluding carboxylic acids is 1. The van der Waals surface area contributed by atoms with E-state index in [2.05, 4.69) is 0 Å². The van der Waals surface area contributed by atoms with Crippen molar-refractivity contribution in [2.24, 2.45) is 0 Å². The van der Waals surface area contributed by atoms with Crippen LogP contribution in [0.5, 0.6) is 0 Å². The molecule has 1 heterocycles. The van der Waals surface area contributed by atoms with Crippen LogP contribution in [0.3, 0.4) is 0 Å². The van der Waals surface area contributed by atoms with Crippen molar-refractivity contribution >= 4 is 5.91 Å². The molecule has 0 unspecified atom stereocenters. The number of halogens is 3. The van der Waals surface area contributed by atoms with E-state index >= 15 is 0 Å². The fraction of sp³-hybridized carbons (Fsp3) is 0.900. The van der Waals surface area contributed by atoms with Gasteiger partial charge in [-0.25, -0.2) is 0 Å². The van der Waals surface area contributed by atoms with E-state index < -0.39 is 18.6 Å². The van der Waals surface area contributed by atoms with Crippen molar-refractivity contribution in [3.8, 4) is 0 Å². The monoisotopic (exact) mass is 239 g/mol. The summed E-state index contributed by atoms with van der Waals surface area (Å²) in [5, 5.41) is 0. The lowest BCUT2D eigenvalue weighted by molar-refractivity contribution is -0.168. The highest BCUT2D eigenvalue weighted by Crippen LogP contribution is 2.22.